The average molecular weight is 400 g/mol. The van der Waals surface area contributed by atoms with Crippen LogP contribution in [0.25, 0.3) is 11.3 Å². The minimum Gasteiger partial charge on any atom is -0.548 e. The minimum absolute atomic E-state index is 0.260. The number of fused-ring (bicyclic) bond motifs is 1. The van der Waals surface area contributed by atoms with Crippen molar-refractivity contribution in [1.29, 1.82) is 0 Å². The van der Waals surface area contributed by atoms with Crippen LogP contribution in [0.5, 0.6) is 0 Å². The molecule has 1 N–H and O–H groups in total. The normalized spacial score (nSPS) is 25.2. The summed E-state index contributed by atoms with van der Waals surface area (Å²) >= 11 is 1.34. The third kappa shape index (κ3) is 2.69. The number of aryl methyl sites for hydroxylation is 1. The lowest BCUT2D eigenvalue weighted by atomic mass is 9.95. The summed E-state index contributed by atoms with van der Waals surface area (Å²) < 4.78 is 4.49. The SMILES string of the molecule is Cc1onc(-c2ccccc2)c1C(=O)N[C@H]1C(=O)N2[C@H]1SC(C)(C)[C@H]2C(=O)[O-]. The second-order valence-corrected chi connectivity index (χ2v) is 9.13. The third-order valence-corrected chi connectivity index (χ3v) is 6.66. The second-order valence-electron chi connectivity index (χ2n) is 7.36. The van der Waals surface area contributed by atoms with E-state index >= 15 is 0 Å². The van der Waals surface area contributed by atoms with E-state index in [9.17, 15) is 19.5 Å². The number of thioether (sulfide) groups is 1. The number of carbonyl (C=O) groups is 3. The van der Waals surface area contributed by atoms with Gasteiger partial charge in [0.25, 0.3) is 5.91 Å². The first-order valence-corrected chi connectivity index (χ1v) is 9.64. The standard InChI is InChI=1S/C19H19N3O5S/c1-9-11(12(21-27-9)10-7-5-4-6-8-10)15(23)20-13-16(24)22-14(18(25)26)19(2,3)28-17(13)22/h4-8,13-14,17H,1-3H3,(H,20,23)(H,25,26)/p-1/t13-,14+,17-/m0/s1. The Morgan fingerprint density at radius 2 is 1.96 bits per heavy atom. The quantitative estimate of drug-likeness (QED) is 0.746. The van der Waals surface area contributed by atoms with Crippen LogP contribution >= 0.6 is 11.8 Å². The number of carbonyl (C=O) groups excluding carboxylic acids is 3. The highest BCUT2D eigenvalue weighted by Gasteiger charge is 2.62. The molecule has 1 aromatic heterocycles. The first-order valence-electron chi connectivity index (χ1n) is 8.76. The van der Waals surface area contributed by atoms with Crippen LogP contribution in [0.2, 0.25) is 0 Å². The molecule has 2 aliphatic rings. The lowest BCUT2D eigenvalue weighted by Gasteiger charge is -2.45. The molecule has 0 aliphatic carbocycles. The van der Waals surface area contributed by atoms with Crippen molar-refractivity contribution < 1.29 is 24.0 Å². The highest BCUT2D eigenvalue weighted by molar-refractivity contribution is 8.01. The number of nitrogens with one attached hydrogen (secondary N) is 1. The zero-order valence-corrected chi connectivity index (χ0v) is 16.3. The van der Waals surface area contributed by atoms with Gasteiger partial charge < -0.3 is 24.6 Å². The van der Waals surface area contributed by atoms with Crippen LogP contribution in [0.3, 0.4) is 0 Å². The summed E-state index contributed by atoms with van der Waals surface area (Å²) in [6, 6.07) is 7.29. The summed E-state index contributed by atoms with van der Waals surface area (Å²) in [5.74, 6) is -1.86. The average Bonchev–Trinajstić information content (AvgIpc) is 3.15. The van der Waals surface area contributed by atoms with Crippen molar-refractivity contribution in [3.63, 3.8) is 0 Å². The molecule has 8 nitrogen and oxygen atoms in total. The van der Waals surface area contributed by atoms with E-state index in [0.717, 1.165) is 5.56 Å². The number of amides is 2. The number of aliphatic carboxylic acids is 1. The van der Waals surface area contributed by atoms with Gasteiger partial charge in [-0.05, 0) is 20.8 Å². The maximum atomic E-state index is 12.9. The Balaban J connectivity index is 1.58. The number of aromatic nitrogens is 1. The number of carboxylic acid groups (broad SMARTS) is 1. The van der Waals surface area contributed by atoms with Gasteiger partial charge in [-0.15, -0.1) is 11.8 Å². The monoisotopic (exact) mass is 400 g/mol. The zero-order chi connectivity index (χ0) is 20.2. The predicted octanol–water partition coefficient (Wildman–Crippen LogP) is 0.561. The fraction of sp³-hybridized carbons (Fsp3) is 0.368. The van der Waals surface area contributed by atoms with E-state index in [1.165, 1.54) is 16.7 Å². The van der Waals surface area contributed by atoms with Crippen molar-refractivity contribution in [3.05, 3.63) is 41.7 Å². The van der Waals surface area contributed by atoms with Gasteiger partial charge in [0.15, 0.2) is 0 Å². The van der Waals surface area contributed by atoms with E-state index in [2.05, 4.69) is 10.5 Å². The lowest BCUT2D eigenvalue weighted by Crippen LogP contribution is -2.71. The van der Waals surface area contributed by atoms with Gasteiger partial charge in [-0.25, -0.2) is 0 Å². The Morgan fingerprint density at radius 1 is 1.29 bits per heavy atom. The van der Waals surface area contributed by atoms with Crippen LogP contribution in [-0.2, 0) is 9.59 Å². The summed E-state index contributed by atoms with van der Waals surface area (Å²) in [5.41, 5.74) is 1.38. The minimum atomic E-state index is -1.29. The third-order valence-electron chi connectivity index (χ3n) is 5.09. The highest BCUT2D eigenvalue weighted by Crippen LogP contribution is 2.50. The van der Waals surface area contributed by atoms with Crippen LogP contribution in [0.15, 0.2) is 34.9 Å². The first kappa shape index (κ1) is 18.5. The molecule has 2 amide bonds. The molecule has 2 saturated heterocycles. The number of carboxylic acids is 1. The second kappa shape index (κ2) is 6.37. The van der Waals surface area contributed by atoms with Gasteiger partial charge >= 0.3 is 0 Å². The molecule has 9 heteroatoms. The molecule has 0 saturated carbocycles. The van der Waals surface area contributed by atoms with Crippen molar-refractivity contribution in [2.75, 3.05) is 0 Å². The molecular formula is C19H18N3O5S-. The van der Waals surface area contributed by atoms with Gasteiger partial charge in [0.05, 0.1) is 12.0 Å². The Hall–Kier alpha value is -2.81. The van der Waals surface area contributed by atoms with Crippen molar-refractivity contribution >= 4 is 29.5 Å². The Morgan fingerprint density at radius 3 is 2.61 bits per heavy atom. The topological polar surface area (TPSA) is 116 Å². The molecule has 4 rings (SSSR count). The molecule has 1 aromatic carbocycles. The summed E-state index contributed by atoms with van der Waals surface area (Å²) in [5, 5.41) is 17.7. The summed E-state index contributed by atoms with van der Waals surface area (Å²) in [6.45, 7) is 5.13. The van der Waals surface area contributed by atoms with Crippen LogP contribution in [0, 0.1) is 6.92 Å². The molecule has 0 radical (unpaired) electrons. The maximum Gasteiger partial charge on any atom is 0.257 e. The largest absolute Gasteiger partial charge is 0.548 e. The van der Waals surface area contributed by atoms with Gasteiger partial charge in [0.1, 0.15) is 28.4 Å². The summed E-state index contributed by atoms with van der Waals surface area (Å²) in [4.78, 5) is 38.2. The fourth-order valence-electron chi connectivity index (χ4n) is 3.77. The van der Waals surface area contributed by atoms with E-state index in [4.69, 9.17) is 4.52 Å². The molecule has 3 heterocycles. The Kier molecular flexibility index (Phi) is 4.22. The molecule has 0 spiro atoms. The van der Waals surface area contributed by atoms with Gasteiger partial charge in [0, 0.05) is 10.3 Å². The molecule has 0 unspecified atom stereocenters. The Labute approximate surface area is 165 Å². The van der Waals surface area contributed by atoms with Crippen molar-refractivity contribution in [2.45, 2.75) is 43.0 Å². The van der Waals surface area contributed by atoms with Crippen LogP contribution < -0.4 is 10.4 Å². The molecule has 3 atom stereocenters. The van der Waals surface area contributed by atoms with E-state index in [-0.39, 0.29) is 5.56 Å². The molecule has 2 aliphatic heterocycles. The smallest absolute Gasteiger partial charge is 0.257 e. The van der Waals surface area contributed by atoms with Crippen LogP contribution in [-0.4, -0.2) is 50.0 Å². The number of hydrogen-bond acceptors (Lipinski definition) is 7. The summed E-state index contributed by atoms with van der Waals surface area (Å²) in [6.07, 6.45) is 0. The number of benzene rings is 1. The number of nitrogens with zero attached hydrogens (tertiary/aromatic N) is 2. The Bertz CT molecular complexity index is 971. The number of β-lactam (4-membered cyclic amide) rings is 1. The maximum absolute atomic E-state index is 12.9. The molecule has 28 heavy (non-hydrogen) atoms. The van der Waals surface area contributed by atoms with Gasteiger partial charge in [0.2, 0.25) is 5.91 Å². The van der Waals surface area contributed by atoms with E-state index in [1.807, 2.05) is 30.3 Å². The number of rotatable bonds is 4. The van der Waals surface area contributed by atoms with E-state index in [0.29, 0.717) is 11.5 Å². The molecule has 146 valence electrons. The predicted molar refractivity (Wildman–Crippen MR) is 99.0 cm³/mol. The summed E-state index contributed by atoms with van der Waals surface area (Å²) in [7, 11) is 0. The van der Waals surface area contributed by atoms with Crippen molar-refractivity contribution in [3.8, 4) is 11.3 Å². The highest BCUT2D eigenvalue weighted by atomic mass is 32.2. The molecule has 2 fully saturated rings. The molecular weight excluding hydrogens is 382 g/mol. The lowest BCUT2D eigenvalue weighted by molar-refractivity contribution is -0.312. The molecule has 0 bridgehead atoms. The zero-order valence-electron chi connectivity index (χ0n) is 15.5. The first-order chi connectivity index (χ1) is 13.2. The fourth-order valence-corrected chi connectivity index (χ4v) is 5.39. The van der Waals surface area contributed by atoms with E-state index in [1.54, 1.807) is 20.8 Å². The van der Waals surface area contributed by atoms with Gasteiger partial charge in [-0.2, -0.15) is 0 Å². The number of hydrogen-bond donors (Lipinski definition) is 1. The molecule has 2 aromatic rings. The van der Waals surface area contributed by atoms with Crippen LogP contribution in [0.1, 0.15) is 30.0 Å². The van der Waals surface area contributed by atoms with Crippen molar-refractivity contribution in [1.82, 2.24) is 15.4 Å². The van der Waals surface area contributed by atoms with Gasteiger partial charge in [-0.3, -0.25) is 9.59 Å². The van der Waals surface area contributed by atoms with E-state index < -0.39 is 40.0 Å². The van der Waals surface area contributed by atoms with Crippen LogP contribution in [0.4, 0.5) is 0 Å². The van der Waals surface area contributed by atoms with Crippen molar-refractivity contribution in [2.24, 2.45) is 0 Å². The van der Waals surface area contributed by atoms with Gasteiger partial charge in [-0.1, -0.05) is 35.5 Å².